The number of carbonyl (C=O) groups excluding carboxylic acids is 1. The van der Waals surface area contributed by atoms with Gasteiger partial charge in [-0.1, -0.05) is 30.0 Å². The molecule has 1 aromatic carbocycles. The van der Waals surface area contributed by atoms with Crippen molar-refractivity contribution >= 4 is 16.8 Å². The van der Waals surface area contributed by atoms with Crippen molar-refractivity contribution in [1.29, 1.82) is 0 Å². The third kappa shape index (κ3) is 4.82. The van der Waals surface area contributed by atoms with Gasteiger partial charge in [0.25, 0.3) is 5.91 Å². The van der Waals surface area contributed by atoms with Crippen molar-refractivity contribution in [2.24, 2.45) is 5.41 Å². The predicted octanol–water partition coefficient (Wildman–Crippen LogP) is 4.65. The second-order valence-corrected chi connectivity index (χ2v) is 10.6. The smallest absolute Gasteiger partial charge is 0.270 e. The maximum Gasteiger partial charge on any atom is 0.270 e. The van der Waals surface area contributed by atoms with Crippen LogP contribution in [-0.4, -0.2) is 44.8 Å². The lowest BCUT2D eigenvalue weighted by Gasteiger charge is -2.28. The fourth-order valence-corrected chi connectivity index (χ4v) is 5.31. The second kappa shape index (κ2) is 9.73. The highest BCUT2D eigenvalue weighted by Crippen LogP contribution is 2.31. The number of amides is 1. The Morgan fingerprint density at radius 2 is 2.08 bits per heavy atom. The van der Waals surface area contributed by atoms with Crippen LogP contribution in [0.25, 0.3) is 10.9 Å². The van der Waals surface area contributed by atoms with Crippen LogP contribution in [0.5, 0.6) is 0 Å². The topological polar surface area (TPSA) is 84.8 Å². The number of imidazole rings is 1. The molecule has 1 saturated heterocycles. The van der Waals surface area contributed by atoms with Crippen molar-refractivity contribution in [3.05, 3.63) is 82.8 Å². The van der Waals surface area contributed by atoms with E-state index >= 15 is 0 Å². The fraction of sp³-hybridized carbons (Fsp3) is 0.367. The molecule has 2 N–H and O–H groups in total. The molecule has 0 aliphatic carbocycles. The van der Waals surface area contributed by atoms with Gasteiger partial charge in [0.1, 0.15) is 17.9 Å². The van der Waals surface area contributed by atoms with Gasteiger partial charge in [0.2, 0.25) is 0 Å². The van der Waals surface area contributed by atoms with Gasteiger partial charge in [0.05, 0.1) is 18.6 Å². The number of fused-ring (bicyclic) bond motifs is 2. The first-order valence-electron chi connectivity index (χ1n) is 13.0. The number of aromatic amines is 1. The summed E-state index contributed by atoms with van der Waals surface area (Å²) >= 11 is 0. The molecule has 0 bridgehead atoms. The number of aromatic nitrogens is 4. The van der Waals surface area contributed by atoms with Crippen molar-refractivity contribution in [3.63, 3.8) is 0 Å². The molecule has 7 nitrogen and oxygen atoms in total. The number of nitrogens with one attached hydrogen (secondary N) is 2. The van der Waals surface area contributed by atoms with E-state index in [0.717, 1.165) is 40.7 Å². The number of ether oxygens (including phenoxy) is 1. The van der Waals surface area contributed by atoms with Crippen LogP contribution in [0.2, 0.25) is 0 Å². The zero-order valence-corrected chi connectivity index (χ0v) is 21.6. The molecule has 8 heteroatoms. The Balaban J connectivity index is 1.33. The maximum atomic E-state index is 14.2. The van der Waals surface area contributed by atoms with E-state index in [-0.39, 0.29) is 30.0 Å². The molecule has 1 fully saturated rings. The van der Waals surface area contributed by atoms with Gasteiger partial charge in [-0.15, -0.1) is 0 Å². The summed E-state index contributed by atoms with van der Waals surface area (Å²) in [5.74, 6) is 6.33. The number of rotatable bonds is 4. The Morgan fingerprint density at radius 3 is 2.89 bits per heavy atom. The van der Waals surface area contributed by atoms with Crippen LogP contribution in [0, 0.1) is 24.2 Å². The average molecular weight is 512 g/mol. The normalized spacial score (nSPS) is 19.0. The average Bonchev–Trinajstić information content (AvgIpc) is 3.60. The van der Waals surface area contributed by atoms with E-state index in [1.54, 1.807) is 12.4 Å². The van der Waals surface area contributed by atoms with Gasteiger partial charge >= 0.3 is 0 Å². The number of H-pyrrole nitrogens is 1. The van der Waals surface area contributed by atoms with Gasteiger partial charge < -0.3 is 19.6 Å². The molecule has 1 unspecified atom stereocenters. The molecule has 2 aliphatic heterocycles. The molecule has 2 aliphatic rings. The lowest BCUT2D eigenvalue weighted by Crippen LogP contribution is -2.31. The zero-order valence-electron chi connectivity index (χ0n) is 21.6. The van der Waals surface area contributed by atoms with E-state index in [4.69, 9.17) is 4.74 Å². The molecule has 0 saturated carbocycles. The molecule has 38 heavy (non-hydrogen) atoms. The summed E-state index contributed by atoms with van der Waals surface area (Å²) in [7, 11) is 0. The quantitative estimate of drug-likeness (QED) is 0.391. The Bertz CT molecular complexity index is 1540. The third-order valence-electron chi connectivity index (χ3n) is 7.49. The van der Waals surface area contributed by atoms with E-state index in [1.807, 2.05) is 47.9 Å². The summed E-state index contributed by atoms with van der Waals surface area (Å²) in [5.41, 5.74) is 4.82. The molecule has 6 rings (SSSR count). The highest BCUT2D eigenvalue weighted by molar-refractivity contribution is 5.93. The van der Waals surface area contributed by atoms with E-state index in [2.05, 4.69) is 39.0 Å². The number of carbonyl (C=O) groups is 1. The summed E-state index contributed by atoms with van der Waals surface area (Å²) in [6.45, 7) is 5.72. The van der Waals surface area contributed by atoms with Gasteiger partial charge in [-0.05, 0) is 56.3 Å². The van der Waals surface area contributed by atoms with Gasteiger partial charge in [-0.3, -0.25) is 4.79 Å². The molecule has 3 aromatic heterocycles. The summed E-state index contributed by atoms with van der Waals surface area (Å²) in [6, 6.07) is 13.0. The van der Waals surface area contributed by atoms with Crippen LogP contribution in [0.4, 0.5) is 4.39 Å². The first-order chi connectivity index (χ1) is 18.4. The summed E-state index contributed by atoms with van der Waals surface area (Å²) in [5, 5.41) is 4.15. The highest BCUT2D eigenvalue weighted by Gasteiger charge is 2.31. The fourth-order valence-electron chi connectivity index (χ4n) is 5.31. The van der Waals surface area contributed by atoms with Crippen LogP contribution >= 0.6 is 0 Å². The first kappa shape index (κ1) is 24.4. The Hall–Kier alpha value is -3.96. The predicted molar refractivity (Wildman–Crippen MR) is 142 cm³/mol. The molecular formula is C30H30FN5O2. The lowest BCUT2D eigenvalue weighted by atomic mass is 9.83. The highest BCUT2D eigenvalue weighted by atomic mass is 19.1. The van der Waals surface area contributed by atoms with E-state index < -0.39 is 12.2 Å². The minimum Gasteiger partial charge on any atom is -0.381 e. The molecule has 0 spiro atoms. The number of halogens is 1. The van der Waals surface area contributed by atoms with E-state index in [0.29, 0.717) is 24.6 Å². The number of hydrogen-bond acceptors (Lipinski definition) is 4. The molecule has 1 amide bonds. The SMILES string of the molecule is Cc1cc(C#CC2(C)CCOCC2)cc(C(=O)NC(c2cc3ccccc3[nH]2)c2ncn3c2C[C@@H](F)C3)n1. The van der Waals surface area contributed by atoms with Gasteiger partial charge in [-0.2, -0.15) is 0 Å². The largest absolute Gasteiger partial charge is 0.381 e. The van der Waals surface area contributed by atoms with Gasteiger partial charge in [0.15, 0.2) is 0 Å². The number of nitrogens with zero attached hydrogens (tertiary/aromatic N) is 3. The summed E-state index contributed by atoms with van der Waals surface area (Å²) < 4.78 is 21.6. The minimum atomic E-state index is -0.956. The van der Waals surface area contributed by atoms with E-state index in [1.165, 1.54) is 0 Å². The van der Waals surface area contributed by atoms with Crippen LogP contribution < -0.4 is 5.32 Å². The number of hydrogen-bond donors (Lipinski definition) is 2. The number of alkyl halides is 1. The monoisotopic (exact) mass is 511 g/mol. The number of pyridine rings is 1. The van der Waals surface area contributed by atoms with Crippen LogP contribution in [0.3, 0.4) is 0 Å². The molecule has 4 aromatic rings. The second-order valence-electron chi connectivity index (χ2n) is 10.6. The summed E-state index contributed by atoms with van der Waals surface area (Å²) in [6.07, 6.45) is 2.75. The first-order valence-corrected chi connectivity index (χ1v) is 13.0. The molecule has 194 valence electrons. The third-order valence-corrected chi connectivity index (χ3v) is 7.49. The molecule has 2 atom stereocenters. The lowest BCUT2D eigenvalue weighted by molar-refractivity contribution is 0.0487. The zero-order chi connectivity index (χ0) is 26.3. The van der Waals surface area contributed by atoms with Crippen molar-refractivity contribution < 1.29 is 13.9 Å². The molecule has 5 heterocycles. The number of benzene rings is 1. The minimum absolute atomic E-state index is 0.103. The Morgan fingerprint density at radius 1 is 1.26 bits per heavy atom. The maximum absolute atomic E-state index is 14.2. The van der Waals surface area contributed by atoms with E-state index in [9.17, 15) is 9.18 Å². The van der Waals surface area contributed by atoms with Crippen LogP contribution in [0.1, 0.15) is 64.6 Å². The van der Waals surface area contributed by atoms with Crippen molar-refractivity contribution in [3.8, 4) is 11.8 Å². The van der Waals surface area contributed by atoms with Crippen LogP contribution in [0.15, 0.2) is 48.8 Å². The van der Waals surface area contributed by atoms with Gasteiger partial charge in [0, 0.05) is 53.2 Å². The standard InChI is InChI=1S/C30H30FN5O2/c1-19-13-20(7-8-30(2)9-11-38-12-10-30)14-25(33-19)29(37)35-27(24-15-21-5-3-4-6-23(21)34-24)28-26-16-22(31)17-36(26)18-32-28/h3-6,13-15,18,22,27,34H,9-12,16-17H2,1-2H3,(H,35,37)/t22-,27?/m1/s1. The van der Waals surface area contributed by atoms with Crippen molar-refractivity contribution in [2.75, 3.05) is 13.2 Å². The summed E-state index contributed by atoms with van der Waals surface area (Å²) in [4.78, 5) is 26.1. The molecular weight excluding hydrogens is 481 g/mol. The van der Waals surface area contributed by atoms with Crippen molar-refractivity contribution in [1.82, 2.24) is 24.8 Å². The van der Waals surface area contributed by atoms with Crippen molar-refractivity contribution in [2.45, 2.75) is 51.9 Å². The molecule has 0 radical (unpaired) electrons. The Kier molecular flexibility index (Phi) is 6.24. The Labute approximate surface area is 220 Å². The number of aryl methyl sites for hydroxylation is 1. The number of para-hydroxylation sites is 1. The van der Waals surface area contributed by atoms with Crippen LogP contribution in [-0.2, 0) is 17.7 Å². The van der Waals surface area contributed by atoms with Gasteiger partial charge in [-0.25, -0.2) is 14.4 Å².